The van der Waals surface area contributed by atoms with Gasteiger partial charge in [0.25, 0.3) is 0 Å². The molecule has 6 rings (SSSR count). The van der Waals surface area contributed by atoms with E-state index >= 15 is 0 Å². The van der Waals surface area contributed by atoms with Crippen LogP contribution in [0.5, 0.6) is 0 Å². The zero-order valence-electron chi connectivity index (χ0n) is 18.7. The highest BCUT2D eigenvalue weighted by Gasteiger charge is 2.40. The minimum atomic E-state index is -0.586. The first kappa shape index (κ1) is 21.4. The molecule has 3 aliphatic heterocycles. The maximum absolute atomic E-state index is 14.3. The van der Waals surface area contributed by atoms with E-state index in [1.165, 1.54) is 12.1 Å². The van der Waals surface area contributed by atoms with E-state index in [0.29, 0.717) is 11.5 Å². The number of hydrogen-bond donors (Lipinski definition) is 1. The summed E-state index contributed by atoms with van der Waals surface area (Å²) >= 11 is 0. The lowest BCUT2D eigenvalue weighted by atomic mass is 9.70. The van der Waals surface area contributed by atoms with Gasteiger partial charge in [0, 0.05) is 18.2 Å². The number of halogens is 2. The lowest BCUT2D eigenvalue weighted by Crippen LogP contribution is -2.53. The lowest BCUT2D eigenvalue weighted by Gasteiger charge is -2.44. The Morgan fingerprint density at radius 2 is 1.91 bits per heavy atom. The predicted molar refractivity (Wildman–Crippen MR) is 119 cm³/mol. The summed E-state index contributed by atoms with van der Waals surface area (Å²) in [7, 11) is 0. The van der Waals surface area contributed by atoms with Crippen LogP contribution >= 0.6 is 0 Å². The zero-order valence-corrected chi connectivity index (χ0v) is 18.7. The molecule has 0 aromatic heterocycles. The fraction of sp³-hybridized carbons (Fsp3) is 0.500. The van der Waals surface area contributed by atoms with Crippen LogP contribution in [0.1, 0.15) is 50.3 Å². The second-order valence-electron chi connectivity index (χ2n) is 10.2. The summed E-state index contributed by atoms with van der Waals surface area (Å²) < 4.78 is 33.5. The number of benzene rings is 2. The van der Waals surface area contributed by atoms with Crippen LogP contribution in [-0.2, 0) is 11.2 Å². The van der Waals surface area contributed by atoms with Crippen molar-refractivity contribution in [1.82, 2.24) is 10.2 Å². The molecule has 3 heterocycles. The number of carbonyl (C=O) groups excluding carboxylic acids is 1. The van der Waals surface area contributed by atoms with Crippen molar-refractivity contribution in [2.75, 3.05) is 19.6 Å². The topological polar surface area (TPSA) is 41.6 Å². The predicted octanol–water partition coefficient (Wildman–Crippen LogP) is 5.47. The van der Waals surface area contributed by atoms with Gasteiger partial charge in [0.1, 0.15) is 17.7 Å². The van der Waals surface area contributed by atoms with Gasteiger partial charge in [-0.05, 0) is 78.9 Å². The van der Waals surface area contributed by atoms with Crippen LogP contribution in [0.25, 0.3) is 11.1 Å². The van der Waals surface area contributed by atoms with Crippen LogP contribution < -0.4 is 5.32 Å². The second-order valence-corrected chi connectivity index (χ2v) is 10.2. The third-order valence-electron chi connectivity index (χ3n) is 7.63. The monoisotopic (exact) mass is 440 g/mol. The highest BCUT2D eigenvalue weighted by Crippen LogP contribution is 2.44. The van der Waals surface area contributed by atoms with Gasteiger partial charge in [-0.25, -0.2) is 13.6 Å². The van der Waals surface area contributed by atoms with Crippen LogP contribution in [0.2, 0.25) is 0 Å². The van der Waals surface area contributed by atoms with Crippen LogP contribution in [-0.4, -0.2) is 36.7 Å². The van der Waals surface area contributed by atoms with E-state index in [2.05, 4.69) is 24.1 Å². The molecule has 0 spiro atoms. The minimum absolute atomic E-state index is 0.0347. The number of amides is 1. The maximum atomic E-state index is 14.3. The number of piperidine rings is 3. The van der Waals surface area contributed by atoms with Gasteiger partial charge in [0.2, 0.25) is 0 Å². The standard InChI is InChI=1S/C26H30F2N2O2/c1-26(2)10-7-18-13-17(20-6-4-19(27)14-22(20)28)3-5-21(18)24(26)29-25(31)32-23-15-30-11-8-16(23)9-12-30/h3-6,13-14,16,23-24H,7-12,15H2,1-2H3,(H,29,31)/t23-,24?/m0/s1. The SMILES string of the molecule is CC1(C)CCc2cc(-c3ccc(F)cc3F)ccc2C1NC(=O)O[C@H]1CN2CCC1CC2. The molecule has 32 heavy (non-hydrogen) atoms. The molecule has 4 nitrogen and oxygen atoms in total. The maximum Gasteiger partial charge on any atom is 0.407 e. The summed E-state index contributed by atoms with van der Waals surface area (Å²) in [6.07, 6.45) is 3.53. The Morgan fingerprint density at radius 3 is 2.59 bits per heavy atom. The quantitative estimate of drug-likeness (QED) is 0.689. The number of nitrogens with one attached hydrogen (secondary N) is 1. The van der Waals surface area contributed by atoms with Crippen molar-refractivity contribution in [2.45, 2.75) is 51.7 Å². The van der Waals surface area contributed by atoms with E-state index in [9.17, 15) is 13.6 Å². The molecule has 3 fully saturated rings. The van der Waals surface area contributed by atoms with Gasteiger partial charge in [-0.2, -0.15) is 0 Å². The fourth-order valence-corrected chi connectivity index (χ4v) is 5.62. The van der Waals surface area contributed by atoms with Gasteiger partial charge < -0.3 is 10.1 Å². The fourth-order valence-electron chi connectivity index (χ4n) is 5.62. The molecule has 0 saturated carbocycles. The number of aryl methyl sites for hydroxylation is 1. The number of nitrogens with zero attached hydrogens (tertiary/aromatic N) is 1. The van der Waals surface area contributed by atoms with Crippen LogP contribution in [0, 0.1) is 23.0 Å². The number of hydrogen-bond acceptors (Lipinski definition) is 3. The van der Waals surface area contributed by atoms with Crippen LogP contribution in [0.15, 0.2) is 36.4 Å². The molecular weight excluding hydrogens is 410 g/mol. The van der Waals surface area contributed by atoms with Crippen molar-refractivity contribution < 1.29 is 18.3 Å². The molecule has 170 valence electrons. The van der Waals surface area contributed by atoms with Gasteiger partial charge in [-0.1, -0.05) is 32.0 Å². The average Bonchev–Trinajstić information content (AvgIpc) is 2.76. The van der Waals surface area contributed by atoms with Crippen molar-refractivity contribution in [3.8, 4) is 11.1 Å². The Labute approximate surface area is 187 Å². The summed E-state index contributed by atoms with van der Waals surface area (Å²) in [5.74, 6) is -0.695. The molecule has 3 saturated heterocycles. The minimum Gasteiger partial charge on any atom is -0.445 e. The zero-order chi connectivity index (χ0) is 22.5. The summed E-state index contributed by atoms with van der Waals surface area (Å²) in [5, 5.41) is 3.15. The first-order chi connectivity index (χ1) is 15.3. The number of ether oxygens (including phenoxy) is 1. The van der Waals surface area contributed by atoms with E-state index in [0.717, 1.165) is 68.1 Å². The third kappa shape index (κ3) is 4.01. The first-order valence-corrected chi connectivity index (χ1v) is 11.6. The average molecular weight is 441 g/mol. The van der Waals surface area contributed by atoms with Crippen molar-refractivity contribution in [2.24, 2.45) is 11.3 Å². The van der Waals surface area contributed by atoms with Crippen molar-refractivity contribution >= 4 is 6.09 Å². The van der Waals surface area contributed by atoms with E-state index < -0.39 is 11.6 Å². The third-order valence-corrected chi connectivity index (χ3v) is 7.63. The number of alkyl carbamates (subject to hydrolysis) is 1. The van der Waals surface area contributed by atoms with Crippen molar-refractivity contribution in [3.05, 3.63) is 59.2 Å². The van der Waals surface area contributed by atoms with Gasteiger partial charge >= 0.3 is 6.09 Å². The Morgan fingerprint density at radius 1 is 1.12 bits per heavy atom. The molecule has 2 atom stereocenters. The Bertz CT molecular complexity index is 1030. The molecular formula is C26H30F2N2O2. The van der Waals surface area contributed by atoms with Crippen molar-refractivity contribution in [3.63, 3.8) is 0 Å². The van der Waals surface area contributed by atoms with Gasteiger partial charge in [-0.3, -0.25) is 4.90 Å². The number of carbonyl (C=O) groups is 1. The lowest BCUT2D eigenvalue weighted by molar-refractivity contribution is -0.0353. The molecule has 1 aliphatic carbocycles. The molecule has 1 amide bonds. The Hall–Kier alpha value is -2.47. The smallest absolute Gasteiger partial charge is 0.407 e. The van der Waals surface area contributed by atoms with Crippen LogP contribution in [0.3, 0.4) is 0 Å². The summed E-state index contributed by atoms with van der Waals surface area (Å²) in [5.41, 5.74) is 3.08. The molecule has 2 aromatic carbocycles. The summed E-state index contributed by atoms with van der Waals surface area (Å²) in [6.45, 7) is 7.35. The molecule has 1 N–H and O–H groups in total. The molecule has 2 bridgehead atoms. The highest BCUT2D eigenvalue weighted by molar-refractivity contribution is 5.70. The Balaban J connectivity index is 1.36. The second kappa shape index (κ2) is 8.14. The van der Waals surface area contributed by atoms with Crippen molar-refractivity contribution in [1.29, 1.82) is 0 Å². The largest absolute Gasteiger partial charge is 0.445 e. The summed E-state index contributed by atoms with van der Waals surface area (Å²) in [4.78, 5) is 15.3. The normalized spacial score (nSPS) is 28.1. The highest BCUT2D eigenvalue weighted by atomic mass is 19.1. The Kier molecular flexibility index (Phi) is 5.44. The number of fused-ring (bicyclic) bond motifs is 4. The molecule has 2 aromatic rings. The van der Waals surface area contributed by atoms with E-state index in [1.54, 1.807) is 0 Å². The van der Waals surface area contributed by atoms with E-state index in [1.807, 2.05) is 18.2 Å². The van der Waals surface area contributed by atoms with Gasteiger partial charge in [0.15, 0.2) is 0 Å². The first-order valence-electron chi connectivity index (χ1n) is 11.6. The molecule has 4 aliphatic rings. The van der Waals surface area contributed by atoms with Gasteiger partial charge in [-0.15, -0.1) is 0 Å². The number of rotatable bonds is 3. The summed E-state index contributed by atoms with van der Waals surface area (Å²) in [6, 6.07) is 9.25. The molecule has 6 heteroatoms. The van der Waals surface area contributed by atoms with Crippen LogP contribution in [0.4, 0.5) is 13.6 Å². The molecule has 0 radical (unpaired) electrons. The van der Waals surface area contributed by atoms with E-state index in [4.69, 9.17) is 4.74 Å². The van der Waals surface area contributed by atoms with Gasteiger partial charge in [0.05, 0.1) is 6.04 Å². The van der Waals surface area contributed by atoms with E-state index in [-0.39, 0.29) is 23.7 Å². The molecule has 1 unspecified atom stereocenters.